The minimum absolute atomic E-state index is 0.00937. The molecule has 1 amide bonds. The van der Waals surface area contributed by atoms with Crippen molar-refractivity contribution in [3.63, 3.8) is 0 Å². The molecule has 154 valence electrons. The number of thiophene rings is 1. The Morgan fingerprint density at radius 1 is 1.03 bits per heavy atom. The van der Waals surface area contributed by atoms with Crippen molar-refractivity contribution in [3.05, 3.63) is 78.8 Å². The lowest BCUT2D eigenvalue weighted by Gasteiger charge is -2.05. The third kappa shape index (κ3) is 4.33. The molecule has 0 aliphatic rings. The van der Waals surface area contributed by atoms with Gasteiger partial charge in [-0.05, 0) is 29.7 Å². The molecule has 0 aliphatic heterocycles. The van der Waals surface area contributed by atoms with E-state index in [2.05, 4.69) is 50.6 Å². The molecule has 3 heterocycles. The van der Waals surface area contributed by atoms with E-state index >= 15 is 0 Å². The topological polar surface area (TPSA) is 70.7 Å². The molecule has 0 unspecified atom stereocenters. The number of nitrogens with one attached hydrogen (secondary N) is 2. The van der Waals surface area contributed by atoms with Crippen molar-refractivity contribution < 1.29 is 4.79 Å². The van der Waals surface area contributed by atoms with Crippen LogP contribution in [0.4, 0.5) is 0 Å². The Bertz CT molecular complexity index is 1340. The van der Waals surface area contributed by atoms with Crippen LogP contribution in [-0.4, -0.2) is 33.2 Å². The molecular weight excluding hydrogens is 424 g/mol. The first kappa shape index (κ1) is 19.8. The number of amides is 1. The van der Waals surface area contributed by atoms with E-state index in [0.29, 0.717) is 12.3 Å². The predicted octanol–water partition coefficient (Wildman–Crippen LogP) is 5.29. The molecule has 0 saturated heterocycles. The fourth-order valence-electron chi connectivity index (χ4n) is 3.55. The maximum absolute atomic E-state index is 12.4. The van der Waals surface area contributed by atoms with Crippen LogP contribution < -0.4 is 5.32 Å². The molecule has 0 radical (unpaired) electrons. The number of thioether (sulfide) groups is 1. The van der Waals surface area contributed by atoms with Gasteiger partial charge in [0.1, 0.15) is 16.2 Å². The van der Waals surface area contributed by atoms with Gasteiger partial charge in [-0.2, -0.15) is 0 Å². The van der Waals surface area contributed by atoms with Gasteiger partial charge in [0.2, 0.25) is 5.91 Å². The van der Waals surface area contributed by atoms with Gasteiger partial charge in [-0.1, -0.05) is 60.3 Å². The summed E-state index contributed by atoms with van der Waals surface area (Å²) < 4.78 is 0. The van der Waals surface area contributed by atoms with Gasteiger partial charge in [0.25, 0.3) is 0 Å². The second-order valence-corrected chi connectivity index (χ2v) is 9.12. The lowest BCUT2D eigenvalue weighted by molar-refractivity contribution is -0.118. The average molecular weight is 445 g/mol. The van der Waals surface area contributed by atoms with Crippen LogP contribution in [0.15, 0.2) is 78.2 Å². The standard InChI is InChI=1S/C24H20N4OS2/c29-22(25-11-10-17-13-26-20-9-5-4-8-18(17)20)14-30-23-19-12-21(16-6-2-1-3-7-16)31-24(19)28-15-27-23/h1-9,12-13,15,26H,10-11,14H2,(H,25,29). The Balaban J connectivity index is 1.20. The van der Waals surface area contributed by atoms with Gasteiger partial charge in [0.15, 0.2) is 0 Å². The van der Waals surface area contributed by atoms with Gasteiger partial charge in [-0.15, -0.1) is 11.3 Å². The summed E-state index contributed by atoms with van der Waals surface area (Å²) in [6.45, 7) is 0.608. The van der Waals surface area contributed by atoms with E-state index in [4.69, 9.17) is 0 Å². The summed E-state index contributed by atoms with van der Waals surface area (Å²) in [5.41, 5.74) is 3.50. The third-order valence-corrected chi connectivity index (χ3v) is 7.18. The number of para-hydroxylation sites is 1. The molecule has 0 fully saturated rings. The quantitative estimate of drug-likeness (QED) is 0.264. The van der Waals surface area contributed by atoms with Crippen molar-refractivity contribution in [2.24, 2.45) is 0 Å². The highest BCUT2D eigenvalue weighted by Crippen LogP contribution is 2.35. The molecule has 5 rings (SSSR count). The van der Waals surface area contributed by atoms with E-state index in [9.17, 15) is 4.79 Å². The summed E-state index contributed by atoms with van der Waals surface area (Å²) in [6, 6.07) is 20.6. The summed E-state index contributed by atoms with van der Waals surface area (Å²) in [5, 5.41) is 6.08. The molecule has 2 aromatic carbocycles. The van der Waals surface area contributed by atoms with Crippen molar-refractivity contribution >= 4 is 50.1 Å². The van der Waals surface area contributed by atoms with Gasteiger partial charge in [-0.3, -0.25) is 4.79 Å². The van der Waals surface area contributed by atoms with Crippen LogP contribution in [0, 0.1) is 0 Å². The van der Waals surface area contributed by atoms with Crippen LogP contribution >= 0.6 is 23.1 Å². The molecule has 5 aromatic rings. The van der Waals surface area contributed by atoms with Crippen molar-refractivity contribution in [2.45, 2.75) is 11.4 Å². The number of hydrogen-bond acceptors (Lipinski definition) is 5. The second-order valence-electron chi connectivity index (χ2n) is 7.12. The number of carbonyl (C=O) groups is 1. The predicted molar refractivity (Wildman–Crippen MR) is 129 cm³/mol. The van der Waals surface area contributed by atoms with Crippen molar-refractivity contribution in [2.75, 3.05) is 12.3 Å². The summed E-state index contributed by atoms with van der Waals surface area (Å²) in [7, 11) is 0. The van der Waals surface area contributed by atoms with Gasteiger partial charge in [0, 0.05) is 33.9 Å². The molecule has 0 atom stereocenters. The van der Waals surface area contributed by atoms with Gasteiger partial charge < -0.3 is 10.3 Å². The Kier molecular flexibility index (Phi) is 5.69. The summed E-state index contributed by atoms with van der Waals surface area (Å²) >= 11 is 3.10. The molecule has 2 N–H and O–H groups in total. The normalized spacial score (nSPS) is 11.2. The number of aromatic nitrogens is 3. The minimum atomic E-state index is 0.00937. The number of hydrogen-bond donors (Lipinski definition) is 2. The van der Waals surface area contributed by atoms with Gasteiger partial charge in [-0.25, -0.2) is 9.97 Å². The van der Waals surface area contributed by atoms with E-state index in [1.54, 1.807) is 17.7 Å². The first-order chi connectivity index (χ1) is 15.3. The first-order valence-electron chi connectivity index (χ1n) is 10.0. The zero-order valence-corrected chi connectivity index (χ0v) is 18.3. The largest absolute Gasteiger partial charge is 0.361 e. The van der Waals surface area contributed by atoms with Crippen molar-refractivity contribution in [1.82, 2.24) is 20.3 Å². The smallest absolute Gasteiger partial charge is 0.230 e. The van der Waals surface area contributed by atoms with Crippen LogP contribution in [0.1, 0.15) is 5.56 Å². The maximum Gasteiger partial charge on any atom is 0.230 e. The Labute approximate surface area is 187 Å². The van der Waals surface area contributed by atoms with Crippen LogP contribution in [0.25, 0.3) is 31.6 Å². The molecule has 31 heavy (non-hydrogen) atoms. The zero-order chi connectivity index (χ0) is 21.0. The highest BCUT2D eigenvalue weighted by atomic mass is 32.2. The van der Waals surface area contributed by atoms with Gasteiger partial charge in [0.05, 0.1) is 5.75 Å². The monoisotopic (exact) mass is 444 g/mol. The van der Waals surface area contributed by atoms with Crippen LogP contribution in [0.5, 0.6) is 0 Å². The number of carbonyl (C=O) groups excluding carboxylic acids is 1. The summed E-state index contributed by atoms with van der Waals surface area (Å²) in [5.74, 6) is 0.339. The minimum Gasteiger partial charge on any atom is -0.361 e. The van der Waals surface area contributed by atoms with E-state index < -0.39 is 0 Å². The van der Waals surface area contributed by atoms with Crippen molar-refractivity contribution in [1.29, 1.82) is 0 Å². The Hall–Kier alpha value is -3.16. The lowest BCUT2D eigenvalue weighted by Crippen LogP contribution is -2.27. The third-order valence-electron chi connectivity index (χ3n) is 5.08. The number of aromatic amines is 1. The van der Waals surface area contributed by atoms with Crippen molar-refractivity contribution in [3.8, 4) is 10.4 Å². The molecule has 0 aliphatic carbocycles. The lowest BCUT2D eigenvalue weighted by atomic mass is 10.1. The summed E-state index contributed by atoms with van der Waals surface area (Å²) in [6.07, 6.45) is 4.39. The van der Waals surface area contributed by atoms with Crippen LogP contribution in [-0.2, 0) is 11.2 Å². The molecule has 0 saturated carbocycles. The van der Waals surface area contributed by atoms with E-state index in [0.717, 1.165) is 37.6 Å². The fraction of sp³-hybridized carbons (Fsp3) is 0.125. The first-order valence-corrected chi connectivity index (χ1v) is 11.8. The second kappa shape index (κ2) is 8.91. The summed E-state index contributed by atoms with van der Waals surface area (Å²) in [4.78, 5) is 26.6. The number of fused-ring (bicyclic) bond motifs is 2. The van der Waals surface area contributed by atoms with E-state index in [1.165, 1.54) is 22.7 Å². The van der Waals surface area contributed by atoms with Crippen LogP contribution in [0.2, 0.25) is 0 Å². The number of rotatable bonds is 7. The maximum atomic E-state index is 12.4. The Morgan fingerprint density at radius 2 is 1.87 bits per heavy atom. The SMILES string of the molecule is O=C(CSc1ncnc2sc(-c3ccccc3)cc12)NCCc1c[nH]c2ccccc12. The molecule has 7 heteroatoms. The van der Waals surface area contributed by atoms with E-state index in [-0.39, 0.29) is 5.91 Å². The molecule has 0 spiro atoms. The number of nitrogens with zero attached hydrogens (tertiary/aromatic N) is 2. The molecule has 5 nitrogen and oxygen atoms in total. The molecule has 3 aromatic heterocycles. The zero-order valence-electron chi connectivity index (χ0n) is 16.7. The highest BCUT2D eigenvalue weighted by molar-refractivity contribution is 8.00. The number of benzene rings is 2. The fourth-order valence-corrected chi connectivity index (χ4v) is 5.43. The average Bonchev–Trinajstić information content (AvgIpc) is 3.43. The van der Waals surface area contributed by atoms with E-state index in [1.807, 2.05) is 36.5 Å². The molecular formula is C24H20N4OS2. The highest BCUT2D eigenvalue weighted by Gasteiger charge is 2.12. The molecule has 0 bridgehead atoms. The Morgan fingerprint density at radius 3 is 2.77 bits per heavy atom. The number of H-pyrrole nitrogens is 1. The van der Waals surface area contributed by atoms with Crippen LogP contribution in [0.3, 0.4) is 0 Å². The van der Waals surface area contributed by atoms with Gasteiger partial charge >= 0.3 is 0 Å².